The van der Waals surface area contributed by atoms with Gasteiger partial charge in [-0.2, -0.15) is 0 Å². The Kier molecular flexibility index (Phi) is 122. The molecule has 0 fully saturated rings. The van der Waals surface area contributed by atoms with E-state index in [-0.39, 0.29) is 99.2 Å². The van der Waals surface area contributed by atoms with Crippen molar-refractivity contribution in [1.29, 1.82) is 0 Å². The summed E-state index contributed by atoms with van der Waals surface area (Å²) in [6.45, 7) is 0. The van der Waals surface area contributed by atoms with Crippen LogP contribution in [0.25, 0.3) is 0 Å². The molecule has 0 nitrogen and oxygen atoms in total. The molecule has 0 amide bonds. The van der Waals surface area contributed by atoms with Crippen molar-refractivity contribution in [1.82, 2.24) is 0 Å². The molecule has 0 aliphatic heterocycles. The van der Waals surface area contributed by atoms with E-state index in [1.807, 2.05) is 0 Å². The van der Waals surface area contributed by atoms with Gasteiger partial charge in [0.2, 0.25) is 0 Å². The zero-order valence-corrected chi connectivity index (χ0v) is 12.1. The molecule has 0 unspecified atom stereocenters. The van der Waals surface area contributed by atoms with Crippen LogP contribution in [0.15, 0.2) is 0 Å². The van der Waals surface area contributed by atoms with Crippen LogP contribution in [0.1, 0.15) is 0 Å². The molecule has 0 bridgehead atoms. The molecule has 0 N–H and O–H groups in total. The number of rotatable bonds is 0. The first-order valence-corrected chi connectivity index (χ1v) is 1.22. The van der Waals surface area contributed by atoms with Crippen molar-refractivity contribution in [3.8, 4) is 0 Å². The minimum absolute atomic E-state index is 0. The normalized spacial score (nSPS) is 1.00. The standard InChI is InChI=1S/BH2Si.Fe.Nd.Pr/c1-2;;;/h2H2;;;. The zero-order chi connectivity index (χ0) is 2.00. The Labute approximate surface area is 114 Å². The molecule has 5 heavy (non-hydrogen) atoms. The van der Waals surface area contributed by atoms with Gasteiger partial charge in [-0.25, -0.2) is 0 Å². The van der Waals surface area contributed by atoms with Gasteiger partial charge in [-0.05, 0) is 10.1 Å². The van der Waals surface area contributed by atoms with Gasteiger partial charge in [-0.15, -0.1) is 0 Å². The van der Waals surface area contributed by atoms with Crippen LogP contribution >= 0.6 is 0 Å². The first-order chi connectivity index (χ1) is 1.00. The Morgan fingerprint density at radius 3 is 1.20 bits per heavy atom. The molecule has 0 aromatic rings. The molecule has 0 rings (SSSR count). The Morgan fingerprint density at radius 2 is 1.20 bits per heavy atom. The van der Waals surface area contributed by atoms with E-state index in [9.17, 15) is 0 Å². The van der Waals surface area contributed by atoms with Crippen LogP contribution in [0.2, 0.25) is 0 Å². The predicted molar refractivity (Wildman–Crippen MR) is 14.3 cm³/mol. The van der Waals surface area contributed by atoms with Gasteiger partial charge in [0, 0.05) is 107 Å². The Bertz CT molecular complexity index is 11.6. The van der Waals surface area contributed by atoms with Gasteiger partial charge in [-0.1, -0.05) is 0 Å². The molecule has 0 spiro atoms. The van der Waals surface area contributed by atoms with Crippen LogP contribution in [0, 0.1) is 82.1 Å². The van der Waals surface area contributed by atoms with E-state index < -0.39 is 0 Å². The van der Waals surface area contributed by atoms with E-state index in [0.717, 1.165) is 0 Å². The third kappa shape index (κ3) is 18.5. The summed E-state index contributed by atoms with van der Waals surface area (Å²) < 4.78 is 0. The summed E-state index contributed by atoms with van der Waals surface area (Å²) in [5, 5.41) is 0. The van der Waals surface area contributed by atoms with Crippen LogP contribution in [0.4, 0.5) is 0 Å². The molecule has 0 saturated carbocycles. The maximum absolute atomic E-state index is 4.53. The molecule has 5 heteroatoms. The van der Waals surface area contributed by atoms with Gasteiger partial charge in [0.15, 0.2) is 0 Å². The summed E-state index contributed by atoms with van der Waals surface area (Å²) in [7, 11) is 5.89. The van der Waals surface area contributed by atoms with Gasteiger partial charge in [0.1, 0.15) is 0 Å². The first kappa shape index (κ1) is 23.6. The van der Waals surface area contributed by atoms with Crippen LogP contribution in [0.5, 0.6) is 0 Å². The minimum atomic E-state index is 0. The van der Waals surface area contributed by atoms with Gasteiger partial charge in [0.05, 0.1) is 0 Å². The van der Waals surface area contributed by atoms with Gasteiger partial charge in [-0.3, -0.25) is 0 Å². The Hall–Kier alpha value is 3.52. The summed E-state index contributed by atoms with van der Waals surface area (Å²) in [5.74, 6) is 0. The third-order valence-corrected chi connectivity index (χ3v) is 0. The molecule has 0 aromatic heterocycles. The van der Waals surface area contributed by atoms with E-state index in [0.29, 0.717) is 0 Å². The van der Waals surface area contributed by atoms with Crippen molar-refractivity contribution >= 4 is 17.6 Å². The quantitative estimate of drug-likeness (QED) is 0.458. The van der Waals surface area contributed by atoms with Crippen molar-refractivity contribution < 1.29 is 99.2 Å². The van der Waals surface area contributed by atoms with Crippen molar-refractivity contribution in [2.75, 3.05) is 0 Å². The maximum Gasteiger partial charge on any atom is 0.0436 e. The monoisotopic (exact) mass is 380 g/mol. The minimum Gasteiger partial charge on any atom is -0.0410 e. The Morgan fingerprint density at radius 1 is 1.20 bits per heavy atom. The van der Waals surface area contributed by atoms with Gasteiger partial charge in [0.25, 0.3) is 0 Å². The number of hydrogen-bond acceptors (Lipinski definition) is 0. The van der Waals surface area contributed by atoms with Crippen LogP contribution in [-0.2, 0) is 17.1 Å². The van der Waals surface area contributed by atoms with Crippen molar-refractivity contribution in [2.45, 2.75) is 0 Å². The van der Waals surface area contributed by atoms with E-state index in [2.05, 4.69) is 7.44 Å². The van der Waals surface area contributed by atoms with E-state index in [1.165, 1.54) is 10.1 Å². The molecular formula is H2BFeNdPrSi. The fourth-order valence-electron chi connectivity index (χ4n) is 0. The molecule has 4 radical (unpaired) electrons. The molecule has 0 aromatic carbocycles. The molecule has 0 heterocycles. The molecule has 24 valence electrons. The average Bonchev–Trinajstić information content (AvgIpc) is 1.00. The summed E-state index contributed by atoms with van der Waals surface area (Å²) in [6, 6.07) is 0. The zero-order valence-electron chi connectivity index (χ0n) is 2.72. The fraction of sp³-hybridized carbons (Fsp3) is 0. The predicted octanol–water partition coefficient (Wildman–Crippen LogP) is -1.30. The molecule has 0 aliphatic rings. The molecule has 0 aliphatic carbocycles. The second kappa shape index (κ2) is 25.8. The molecule has 0 atom stereocenters. The summed E-state index contributed by atoms with van der Waals surface area (Å²) >= 11 is 0. The second-order valence-electron chi connectivity index (χ2n) is 0. The topological polar surface area (TPSA) is 0 Å². The van der Waals surface area contributed by atoms with E-state index in [1.54, 1.807) is 0 Å². The maximum atomic E-state index is 4.53. The molecule has 0 saturated heterocycles. The van der Waals surface area contributed by atoms with E-state index >= 15 is 0 Å². The average molecular weight is 382 g/mol. The van der Waals surface area contributed by atoms with Gasteiger partial charge >= 0.3 is 0 Å². The van der Waals surface area contributed by atoms with Crippen LogP contribution in [-0.4, -0.2) is 17.6 Å². The SMILES string of the molecule is [B][SiH2].[Fe].[Nd].[Pr]. The van der Waals surface area contributed by atoms with Crippen molar-refractivity contribution in [2.24, 2.45) is 0 Å². The third-order valence-electron chi connectivity index (χ3n) is 0. The summed E-state index contributed by atoms with van der Waals surface area (Å²) in [4.78, 5) is 0. The largest absolute Gasteiger partial charge is 0.0436 e. The first-order valence-electron chi connectivity index (χ1n) is 0.408. The molecular weight excluding hydrogens is 380 g/mol. The van der Waals surface area contributed by atoms with Crippen LogP contribution in [0.3, 0.4) is 0 Å². The van der Waals surface area contributed by atoms with E-state index in [4.69, 9.17) is 0 Å². The summed E-state index contributed by atoms with van der Waals surface area (Å²) in [5.41, 5.74) is 0. The van der Waals surface area contributed by atoms with Crippen molar-refractivity contribution in [3.63, 3.8) is 0 Å². The Balaban J connectivity index is -0.00000000167. The fourth-order valence-corrected chi connectivity index (χ4v) is 0. The van der Waals surface area contributed by atoms with Crippen LogP contribution < -0.4 is 0 Å². The summed E-state index contributed by atoms with van der Waals surface area (Å²) in [6.07, 6.45) is 0. The van der Waals surface area contributed by atoms with Gasteiger partial charge < -0.3 is 0 Å². The smallest absolute Gasteiger partial charge is 0.0410 e. The second-order valence-corrected chi connectivity index (χ2v) is 0. The number of hydrogen-bond donors (Lipinski definition) is 0. The van der Waals surface area contributed by atoms with Crippen molar-refractivity contribution in [3.05, 3.63) is 0 Å².